The van der Waals surface area contributed by atoms with E-state index in [1.54, 1.807) is 30.7 Å². The summed E-state index contributed by atoms with van der Waals surface area (Å²) in [6, 6.07) is 5.58. The lowest BCUT2D eigenvalue weighted by Gasteiger charge is -2.22. The lowest BCUT2D eigenvalue weighted by molar-refractivity contribution is -0.137. The average molecular weight is 424 g/mol. The van der Waals surface area contributed by atoms with Gasteiger partial charge in [0.1, 0.15) is 17.0 Å². The number of benzene rings is 1. The molecule has 0 saturated carbocycles. The number of fused-ring (bicyclic) bond motifs is 3. The Labute approximate surface area is 178 Å². The van der Waals surface area contributed by atoms with Crippen LogP contribution in [0.5, 0.6) is 0 Å². The van der Waals surface area contributed by atoms with Crippen LogP contribution >= 0.6 is 11.3 Å². The lowest BCUT2D eigenvalue weighted by atomic mass is 9.85. The summed E-state index contributed by atoms with van der Waals surface area (Å²) in [6.07, 6.45) is 6.51. The number of nitrogens with one attached hydrogen (secondary N) is 2. The van der Waals surface area contributed by atoms with Gasteiger partial charge in [-0.15, -0.1) is 11.3 Å². The number of anilines is 3. The largest absolute Gasteiger partial charge is 0.481 e. The van der Waals surface area contributed by atoms with Crippen LogP contribution in [0.4, 0.5) is 17.2 Å². The highest BCUT2D eigenvalue weighted by atomic mass is 32.1. The number of nitrogens with zero attached hydrogens (tertiary/aromatic N) is 2. The van der Waals surface area contributed by atoms with Crippen LogP contribution in [0.1, 0.15) is 48.6 Å². The highest BCUT2D eigenvalue weighted by Crippen LogP contribution is 2.41. The van der Waals surface area contributed by atoms with Crippen LogP contribution < -0.4 is 11.1 Å². The molecule has 5 N–H and O–H groups in total. The van der Waals surface area contributed by atoms with E-state index < -0.39 is 5.97 Å². The van der Waals surface area contributed by atoms with Crippen LogP contribution in [0.3, 0.4) is 0 Å². The summed E-state index contributed by atoms with van der Waals surface area (Å²) in [7, 11) is 0. The van der Waals surface area contributed by atoms with Crippen molar-refractivity contribution in [3.63, 3.8) is 0 Å². The van der Waals surface area contributed by atoms with Gasteiger partial charge in [-0.25, -0.2) is 9.97 Å². The lowest BCUT2D eigenvalue weighted by Crippen LogP contribution is -2.13. The second-order valence-corrected chi connectivity index (χ2v) is 8.94. The molecule has 30 heavy (non-hydrogen) atoms. The average Bonchev–Trinajstić information content (AvgIpc) is 3.07. The summed E-state index contributed by atoms with van der Waals surface area (Å²) in [5.74, 6) is 0.591. The van der Waals surface area contributed by atoms with E-state index in [4.69, 9.17) is 16.2 Å². The number of carbonyl (C=O) groups is 1. The molecule has 0 aliphatic heterocycles. The van der Waals surface area contributed by atoms with E-state index >= 15 is 0 Å². The van der Waals surface area contributed by atoms with Crippen molar-refractivity contribution < 1.29 is 9.90 Å². The SMILES string of the molecule is CC(=N)c1cc(Nc2ncnc3sc4c(c23)CCC(CCCC(=O)O)C4)ccc1N. The first-order valence-corrected chi connectivity index (χ1v) is 10.9. The first-order valence-electron chi connectivity index (χ1n) is 10.1. The van der Waals surface area contributed by atoms with E-state index in [0.29, 0.717) is 22.9 Å². The molecule has 0 amide bonds. The molecule has 7 nitrogen and oxygen atoms in total. The van der Waals surface area contributed by atoms with Gasteiger partial charge >= 0.3 is 5.97 Å². The van der Waals surface area contributed by atoms with Crippen LogP contribution in [0.2, 0.25) is 0 Å². The number of nitrogens with two attached hydrogens (primary N) is 1. The zero-order valence-electron chi connectivity index (χ0n) is 16.9. The molecule has 4 rings (SSSR count). The van der Waals surface area contributed by atoms with Crippen molar-refractivity contribution in [1.29, 1.82) is 5.41 Å². The van der Waals surface area contributed by atoms with Gasteiger partial charge in [-0.2, -0.15) is 0 Å². The molecule has 0 radical (unpaired) electrons. The van der Waals surface area contributed by atoms with E-state index in [0.717, 1.165) is 53.8 Å². The minimum absolute atomic E-state index is 0.244. The van der Waals surface area contributed by atoms with Crippen molar-refractivity contribution in [3.05, 3.63) is 40.5 Å². The van der Waals surface area contributed by atoms with Crippen LogP contribution in [0, 0.1) is 11.3 Å². The molecule has 2 aromatic heterocycles. The normalized spacial score (nSPS) is 15.7. The van der Waals surface area contributed by atoms with Crippen LogP contribution in [0.15, 0.2) is 24.5 Å². The number of hydrogen-bond donors (Lipinski definition) is 4. The Morgan fingerprint density at radius 1 is 1.40 bits per heavy atom. The molecule has 0 saturated heterocycles. The monoisotopic (exact) mass is 423 g/mol. The second-order valence-electron chi connectivity index (χ2n) is 7.85. The third kappa shape index (κ3) is 4.14. The first-order chi connectivity index (χ1) is 14.4. The minimum atomic E-state index is -0.719. The number of aliphatic carboxylic acids is 1. The molecule has 8 heteroatoms. The smallest absolute Gasteiger partial charge is 0.303 e. The molecule has 1 unspecified atom stereocenters. The molecule has 0 fully saturated rings. The maximum absolute atomic E-state index is 10.8. The zero-order chi connectivity index (χ0) is 21.3. The fourth-order valence-corrected chi connectivity index (χ4v) is 5.46. The van der Waals surface area contributed by atoms with E-state index in [2.05, 4.69) is 15.3 Å². The van der Waals surface area contributed by atoms with Crippen molar-refractivity contribution in [2.24, 2.45) is 5.92 Å². The molecule has 1 atom stereocenters. The van der Waals surface area contributed by atoms with Crippen molar-refractivity contribution in [2.75, 3.05) is 11.1 Å². The van der Waals surface area contributed by atoms with Gasteiger partial charge in [-0.3, -0.25) is 4.79 Å². The number of hydrogen-bond acceptors (Lipinski definition) is 7. The Morgan fingerprint density at radius 3 is 3.00 bits per heavy atom. The van der Waals surface area contributed by atoms with E-state index in [-0.39, 0.29) is 6.42 Å². The topological polar surface area (TPSA) is 125 Å². The molecule has 0 bridgehead atoms. The molecular weight excluding hydrogens is 398 g/mol. The summed E-state index contributed by atoms with van der Waals surface area (Å²) >= 11 is 1.72. The van der Waals surface area contributed by atoms with Crippen molar-refractivity contribution >= 4 is 50.4 Å². The number of thiophene rings is 1. The molecule has 3 aromatic rings. The molecule has 156 valence electrons. The predicted molar refractivity (Wildman–Crippen MR) is 121 cm³/mol. The summed E-state index contributed by atoms with van der Waals surface area (Å²) in [5, 5.41) is 21.3. The van der Waals surface area contributed by atoms with Crippen molar-refractivity contribution in [2.45, 2.75) is 45.4 Å². The zero-order valence-corrected chi connectivity index (χ0v) is 17.7. The number of aryl methyl sites for hydroxylation is 1. The van der Waals surface area contributed by atoms with E-state index in [9.17, 15) is 4.79 Å². The molecular formula is C22H25N5O2S. The summed E-state index contributed by atoms with van der Waals surface area (Å²) in [5.41, 5.74) is 9.86. The molecule has 2 heterocycles. The number of aromatic nitrogens is 2. The van der Waals surface area contributed by atoms with Gasteiger partial charge < -0.3 is 21.6 Å². The summed E-state index contributed by atoms with van der Waals surface area (Å²) in [6.45, 7) is 1.72. The van der Waals surface area contributed by atoms with Gasteiger partial charge in [0, 0.05) is 33.9 Å². The standard InChI is InChI=1S/C22H25N5O2S/c1-12(23)16-10-14(6-8-17(16)24)27-21-20-15-7-5-13(3-2-4-19(28)29)9-18(15)30-22(20)26-11-25-21/h6,8,10-11,13,23H,2-5,7,9,24H2,1H3,(H,28,29)(H,25,26,27). The maximum Gasteiger partial charge on any atom is 0.303 e. The Balaban J connectivity index is 1.60. The first kappa shape index (κ1) is 20.3. The van der Waals surface area contributed by atoms with Gasteiger partial charge in [0.25, 0.3) is 0 Å². The third-order valence-corrected chi connectivity index (χ3v) is 6.83. The maximum atomic E-state index is 10.8. The van der Waals surface area contributed by atoms with Gasteiger partial charge in [0.05, 0.1) is 5.39 Å². The van der Waals surface area contributed by atoms with Gasteiger partial charge in [-0.1, -0.05) is 0 Å². The number of carboxylic acid groups (broad SMARTS) is 1. The fourth-order valence-electron chi connectivity index (χ4n) is 4.16. The van der Waals surface area contributed by atoms with Crippen LogP contribution in [-0.4, -0.2) is 26.8 Å². The number of carboxylic acids is 1. The Kier molecular flexibility index (Phi) is 5.67. The Hall–Kier alpha value is -3.00. The molecule has 1 aliphatic rings. The van der Waals surface area contributed by atoms with Gasteiger partial charge in [0.2, 0.25) is 0 Å². The Bertz CT molecular complexity index is 1120. The van der Waals surface area contributed by atoms with Gasteiger partial charge in [-0.05, 0) is 68.7 Å². The number of nitrogen functional groups attached to an aromatic ring is 1. The van der Waals surface area contributed by atoms with Gasteiger partial charge in [0.15, 0.2) is 0 Å². The fraction of sp³-hybridized carbons (Fsp3) is 0.364. The van der Waals surface area contributed by atoms with Crippen molar-refractivity contribution in [3.8, 4) is 0 Å². The Morgan fingerprint density at radius 2 is 2.23 bits per heavy atom. The van der Waals surface area contributed by atoms with Crippen molar-refractivity contribution in [1.82, 2.24) is 9.97 Å². The summed E-state index contributed by atoms with van der Waals surface area (Å²) in [4.78, 5) is 22.1. The third-order valence-electron chi connectivity index (χ3n) is 5.67. The predicted octanol–water partition coefficient (Wildman–Crippen LogP) is 4.76. The quantitative estimate of drug-likeness (QED) is 0.321. The highest BCUT2D eigenvalue weighted by Gasteiger charge is 2.25. The second kappa shape index (κ2) is 8.39. The number of rotatable bonds is 7. The molecule has 1 aliphatic carbocycles. The highest BCUT2D eigenvalue weighted by molar-refractivity contribution is 7.19. The van der Waals surface area contributed by atoms with E-state index in [1.807, 2.05) is 12.1 Å². The van der Waals surface area contributed by atoms with E-state index in [1.165, 1.54) is 10.4 Å². The summed E-state index contributed by atoms with van der Waals surface area (Å²) < 4.78 is 0. The van der Waals surface area contributed by atoms with Crippen LogP contribution in [0.25, 0.3) is 10.2 Å². The van der Waals surface area contributed by atoms with Crippen LogP contribution in [-0.2, 0) is 17.6 Å². The minimum Gasteiger partial charge on any atom is -0.481 e. The molecule has 1 aromatic carbocycles. The molecule has 0 spiro atoms.